The van der Waals surface area contributed by atoms with E-state index in [0.717, 1.165) is 0 Å². The topological polar surface area (TPSA) is 88.2 Å². The van der Waals surface area contributed by atoms with Gasteiger partial charge in [0.15, 0.2) is 0 Å². The van der Waals surface area contributed by atoms with E-state index < -0.39 is 0 Å². The Labute approximate surface area is 153 Å². The molecule has 1 aliphatic heterocycles. The Hall–Kier alpha value is -2.77. The molecule has 1 aromatic carbocycles. The number of carbonyl (C=O) groups is 3. The molecule has 0 aromatic heterocycles. The third kappa shape index (κ3) is 4.87. The fraction of sp³-hybridized carbons (Fsp3) is 0.500. The van der Waals surface area contributed by atoms with E-state index in [1.165, 1.54) is 14.0 Å². The SMILES string of the molecule is CCOC(=O)N1CCCN(C(=O)c2cc(NC(C)=O)ccc2OC)CC1. The summed E-state index contributed by atoms with van der Waals surface area (Å²) in [6, 6.07) is 4.94. The Morgan fingerprint density at radius 3 is 2.46 bits per heavy atom. The van der Waals surface area contributed by atoms with Gasteiger partial charge < -0.3 is 24.6 Å². The van der Waals surface area contributed by atoms with Crippen molar-refractivity contribution in [3.8, 4) is 5.75 Å². The minimum atomic E-state index is -0.355. The summed E-state index contributed by atoms with van der Waals surface area (Å²) < 4.78 is 10.3. The van der Waals surface area contributed by atoms with E-state index in [-0.39, 0.29) is 17.9 Å². The normalized spacial score (nSPS) is 14.4. The van der Waals surface area contributed by atoms with Gasteiger partial charge in [-0.3, -0.25) is 9.59 Å². The Bertz CT molecular complexity index is 677. The van der Waals surface area contributed by atoms with Crippen LogP contribution >= 0.6 is 0 Å². The van der Waals surface area contributed by atoms with Crippen molar-refractivity contribution in [2.75, 3.05) is 45.2 Å². The van der Waals surface area contributed by atoms with Gasteiger partial charge in [-0.2, -0.15) is 0 Å². The van der Waals surface area contributed by atoms with Crippen molar-refractivity contribution in [3.63, 3.8) is 0 Å². The van der Waals surface area contributed by atoms with E-state index in [4.69, 9.17) is 9.47 Å². The molecule has 0 atom stereocenters. The van der Waals surface area contributed by atoms with Gasteiger partial charge in [0.2, 0.25) is 5.91 Å². The lowest BCUT2D eigenvalue weighted by molar-refractivity contribution is -0.114. The van der Waals surface area contributed by atoms with Crippen molar-refractivity contribution in [2.45, 2.75) is 20.3 Å². The van der Waals surface area contributed by atoms with Crippen molar-refractivity contribution in [1.29, 1.82) is 0 Å². The Morgan fingerprint density at radius 1 is 1.12 bits per heavy atom. The Kier molecular flexibility index (Phi) is 6.82. The van der Waals surface area contributed by atoms with Crippen molar-refractivity contribution in [2.24, 2.45) is 0 Å². The first-order valence-electron chi connectivity index (χ1n) is 8.62. The van der Waals surface area contributed by atoms with Crippen molar-refractivity contribution >= 4 is 23.6 Å². The van der Waals surface area contributed by atoms with E-state index in [1.807, 2.05) is 0 Å². The predicted molar refractivity (Wildman–Crippen MR) is 96.4 cm³/mol. The summed E-state index contributed by atoms with van der Waals surface area (Å²) in [6.07, 6.45) is 0.310. The van der Waals surface area contributed by atoms with Crippen LogP contribution in [0.2, 0.25) is 0 Å². The first-order valence-corrected chi connectivity index (χ1v) is 8.62. The van der Waals surface area contributed by atoms with Crippen LogP contribution in [0.3, 0.4) is 0 Å². The third-order valence-corrected chi connectivity index (χ3v) is 4.06. The molecule has 0 saturated carbocycles. The molecule has 0 radical (unpaired) electrons. The highest BCUT2D eigenvalue weighted by Gasteiger charge is 2.25. The first kappa shape index (κ1) is 19.6. The van der Waals surface area contributed by atoms with Gasteiger partial charge in [0.1, 0.15) is 5.75 Å². The lowest BCUT2D eigenvalue weighted by atomic mass is 10.1. The Balaban J connectivity index is 2.15. The molecule has 0 aliphatic carbocycles. The molecule has 2 rings (SSSR count). The number of hydrogen-bond donors (Lipinski definition) is 1. The van der Waals surface area contributed by atoms with E-state index >= 15 is 0 Å². The number of hydrogen-bond acceptors (Lipinski definition) is 5. The van der Waals surface area contributed by atoms with Crippen LogP contribution in [-0.4, -0.2) is 67.6 Å². The number of ether oxygens (including phenoxy) is 2. The molecule has 8 heteroatoms. The van der Waals surface area contributed by atoms with Gasteiger partial charge in [0, 0.05) is 38.8 Å². The number of nitrogens with zero attached hydrogens (tertiary/aromatic N) is 2. The van der Waals surface area contributed by atoms with Gasteiger partial charge in [0.25, 0.3) is 5.91 Å². The summed E-state index contributed by atoms with van der Waals surface area (Å²) in [5, 5.41) is 2.67. The fourth-order valence-electron chi connectivity index (χ4n) is 2.84. The molecule has 3 amide bonds. The molecule has 0 spiro atoms. The number of carbonyl (C=O) groups excluding carboxylic acids is 3. The standard InChI is InChI=1S/C18H25N3O5/c1-4-26-18(24)21-9-5-8-20(10-11-21)17(23)15-12-14(19-13(2)22)6-7-16(15)25-3/h6-7,12H,4-5,8-11H2,1-3H3,(H,19,22). The Morgan fingerprint density at radius 2 is 1.81 bits per heavy atom. The second kappa shape index (κ2) is 9.07. The molecule has 0 unspecified atom stereocenters. The molecule has 8 nitrogen and oxygen atoms in total. The average Bonchev–Trinajstić information content (AvgIpc) is 2.87. The summed E-state index contributed by atoms with van der Waals surface area (Å²) >= 11 is 0. The monoisotopic (exact) mass is 363 g/mol. The molecule has 1 fully saturated rings. The molecule has 0 bridgehead atoms. The van der Waals surface area contributed by atoms with Crippen LogP contribution in [0.5, 0.6) is 5.75 Å². The van der Waals surface area contributed by atoms with E-state index in [0.29, 0.717) is 56.2 Å². The molecular formula is C18H25N3O5. The fourth-order valence-corrected chi connectivity index (χ4v) is 2.84. The van der Waals surface area contributed by atoms with Gasteiger partial charge >= 0.3 is 6.09 Å². The van der Waals surface area contributed by atoms with Crippen LogP contribution in [0.1, 0.15) is 30.6 Å². The summed E-state index contributed by atoms with van der Waals surface area (Å²) in [5.41, 5.74) is 0.910. The van der Waals surface area contributed by atoms with E-state index in [1.54, 1.807) is 34.9 Å². The maximum atomic E-state index is 13.0. The molecule has 1 N–H and O–H groups in total. The molecule has 1 heterocycles. The van der Waals surface area contributed by atoms with E-state index in [9.17, 15) is 14.4 Å². The highest BCUT2D eigenvalue weighted by Crippen LogP contribution is 2.25. The largest absolute Gasteiger partial charge is 0.496 e. The van der Waals surface area contributed by atoms with Gasteiger partial charge in [-0.25, -0.2) is 4.79 Å². The quantitative estimate of drug-likeness (QED) is 0.883. The molecule has 142 valence electrons. The van der Waals surface area contributed by atoms with Crippen LogP contribution in [0.15, 0.2) is 18.2 Å². The third-order valence-electron chi connectivity index (χ3n) is 4.06. The minimum Gasteiger partial charge on any atom is -0.496 e. The van der Waals surface area contributed by atoms with Crippen LogP contribution in [-0.2, 0) is 9.53 Å². The second-order valence-electron chi connectivity index (χ2n) is 5.93. The molecular weight excluding hydrogens is 338 g/mol. The van der Waals surface area contributed by atoms with Crippen LogP contribution in [0.25, 0.3) is 0 Å². The number of amides is 3. The summed E-state index contributed by atoms with van der Waals surface area (Å²) in [6.45, 7) is 5.40. The number of anilines is 1. The first-order chi connectivity index (χ1) is 12.5. The predicted octanol–water partition coefficient (Wildman–Crippen LogP) is 1.96. The van der Waals surface area contributed by atoms with E-state index in [2.05, 4.69) is 5.32 Å². The number of rotatable bonds is 4. The van der Waals surface area contributed by atoms with Gasteiger partial charge in [-0.05, 0) is 31.5 Å². The highest BCUT2D eigenvalue weighted by molar-refractivity contribution is 5.99. The zero-order chi connectivity index (χ0) is 19.1. The average molecular weight is 363 g/mol. The minimum absolute atomic E-state index is 0.195. The number of methoxy groups -OCH3 is 1. The van der Waals surface area contributed by atoms with Crippen molar-refractivity contribution in [1.82, 2.24) is 9.80 Å². The second-order valence-corrected chi connectivity index (χ2v) is 5.93. The van der Waals surface area contributed by atoms with Crippen molar-refractivity contribution in [3.05, 3.63) is 23.8 Å². The summed E-state index contributed by atoms with van der Waals surface area (Å²) in [7, 11) is 1.50. The lowest BCUT2D eigenvalue weighted by Gasteiger charge is -2.23. The molecule has 1 saturated heterocycles. The molecule has 26 heavy (non-hydrogen) atoms. The van der Waals surface area contributed by atoms with Crippen LogP contribution < -0.4 is 10.1 Å². The maximum Gasteiger partial charge on any atom is 0.409 e. The molecule has 1 aromatic rings. The lowest BCUT2D eigenvalue weighted by Crippen LogP contribution is -2.37. The van der Waals surface area contributed by atoms with Gasteiger partial charge in [-0.15, -0.1) is 0 Å². The van der Waals surface area contributed by atoms with Crippen LogP contribution in [0.4, 0.5) is 10.5 Å². The zero-order valence-electron chi connectivity index (χ0n) is 15.4. The smallest absolute Gasteiger partial charge is 0.409 e. The van der Waals surface area contributed by atoms with Crippen molar-refractivity contribution < 1.29 is 23.9 Å². The number of nitrogens with one attached hydrogen (secondary N) is 1. The van der Waals surface area contributed by atoms with Crippen LogP contribution in [0, 0.1) is 0 Å². The van der Waals surface area contributed by atoms with Gasteiger partial charge in [-0.1, -0.05) is 0 Å². The zero-order valence-corrected chi connectivity index (χ0v) is 15.4. The van der Waals surface area contributed by atoms with Gasteiger partial charge in [0.05, 0.1) is 19.3 Å². The number of benzene rings is 1. The summed E-state index contributed by atoms with van der Waals surface area (Å²) in [4.78, 5) is 39.4. The highest BCUT2D eigenvalue weighted by atomic mass is 16.6. The molecule has 1 aliphatic rings. The summed E-state index contributed by atoms with van der Waals surface area (Å²) in [5.74, 6) is 0.0313. The maximum absolute atomic E-state index is 13.0.